The summed E-state index contributed by atoms with van der Waals surface area (Å²) in [6.07, 6.45) is 4.32. The van der Waals surface area contributed by atoms with Crippen LogP contribution < -0.4 is 0 Å². The summed E-state index contributed by atoms with van der Waals surface area (Å²) in [5, 5.41) is 0. The Morgan fingerprint density at radius 2 is 1.96 bits per heavy atom. The van der Waals surface area contributed by atoms with Crippen molar-refractivity contribution in [2.75, 3.05) is 19.6 Å². The van der Waals surface area contributed by atoms with Crippen molar-refractivity contribution in [2.45, 2.75) is 37.3 Å². The van der Waals surface area contributed by atoms with Gasteiger partial charge in [0.25, 0.3) is 0 Å². The number of piperidine rings is 1. The van der Waals surface area contributed by atoms with Gasteiger partial charge in [0, 0.05) is 57.0 Å². The fraction of sp³-hybridized carbons (Fsp3) is 0.500. The van der Waals surface area contributed by atoms with E-state index in [0.29, 0.717) is 5.92 Å². The second-order valence-electron chi connectivity index (χ2n) is 7.43. The minimum Gasteiger partial charge on any atom is -0.373 e. The number of hydrogen-bond acceptors (Lipinski definition) is 3. The Morgan fingerprint density at radius 1 is 1.19 bits per heavy atom. The summed E-state index contributed by atoms with van der Waals surface area (Å²) in [6, 6.07) is 7.49. The Labute approximate surface area is 182 Å². The van der Waals surface area contributed by atoms with E-state index in [1.165, 1.54) is 12.1 Å². The number of rotatable bonds is 6. The number of benzene rings is 1. The van der Waals surface area contributed by atoms with Crippen molar-refractivity contribution in [2.24, 2.45) is 5.92 Å². The van der Waals surface area contributed by atoms with Crippen LogP contribution in [0.5, 0.6) is 0 Å². The first-order chi connectivity index (χ1) is 12.5. The molecule has 1 radical (unpaired) electrons. The molecular weight excluding hydrogens is 428 g/mol. The van der Waals surface area contributed by atoms with Gasteiger partial charge in [-0.05, 0) is 49.4 Å². The van der Waals surface area contributed by atoms with Gasteiger partial charge in [0.05, 0.1) is 5.56 Å². The molecule has 27 heavy (non-hydrogen) atoms. The topological polar surface area (TPSA) is 29.0 Å². The molecule has 0 spiro atoms. The van der Waals surface area contributed by atoms with E-state index in [1.807, 2.05) is 0 Å². The third kappa shape index (κ3) is 4.60. The number of unbranched alkanes of at least 4 members (excludes halogenated alkanes) is 1. The van der Waals surface area contributed by atoms with Crippen LogP contribution in [0.1, 0.15) is 36.2 Å². The summed E-state index contributed by atoms with van der Waals surface area (Å²) in [6.45, 7) is 3.03. The second kappa shape index (κ2) is 8.26. The molecule has 2 aliphatic rings. The SMILES string of the molecule is FC(F)(F)c1ccc([C@]23C[C@H]2CN(CCCCc2n[c-]ccn2)C3)cc1.[Y]. The van der Waals surface area contributed by atoms with Crippen LogP contribution in [0.4, 0.5) is 13.2 Å². The fourth-order valence-corrected chi connectivity index (χ4v) is 4.23. The molecule has 0 bridgehead atoms. The maximum atomic E-state index is 12.7. The Kier molecular flexibility index (Phi) is 6.39. The van der Waals surface area contributed by atoms with E-state index in [0.717, 1.165) is 56.7 Å². The van der Waals surface area contributed by atoms with Gasteiger partial charge in [0.2, 0.25) is 0 Å². The van der Waals surface area contributed by atoms with Crippen LogP contribution in [0.3, 0.4) is 0 Å². The van der Waals surface area contributed by atoms with Crippen LogP contribution >= 0.6 is 0 Å². The molecule has 1 aliphatic heterocycles. The molecule has 1 aliphatic carbocycles. The third-order valence-electron chi connectivity index (χ3n) is 5.69. The van der Waals surface area contributed by atoms with Crippen molar-refractivity contribution in [1.82, 2.24) is 14.9 Å². The number of alkyl halides is 3. The van der Waals surface area contributed by atoms with Gasteiger partial charge in [-0.25, -0.2) is 0 Å². The summed E-state index contributed by atoms with van der Waals surface area (Å²) in [7, 11) is 0. The van der Waals surface area contributed by atoms with Crippen LogP contribution in [-0.2, 0) is 50.7 Å². The quantitative estimate of drug-likeness (QED) is 0.495. The molecule has 7 heteroatoms. The largest absolute Gasteiger partial charge is 0.416 e. The number of aryl methyl sites for hydroxylation is 1. The van der Waals surface area contributed by atoms with Gasteiger partial charge < -0.3 is 14.9 Å². The molecule has 1 aromatic heterocycles. The van der Waals surface area contributed by atoms with Crippen molar-refractivity contribution in [1.29, 1.82) is 0 Å². The van der Waals surface area contributed by atoms with Crippen LogP contribution in [0.15, 0.2) is 36.5 Å². The summed E-state index contributed by atoms with van der Waals surface area (Å²) in [4.78, 5) is 10.8. The van der Waals surface area contributed by atoms with Crippen LogP contribution in [0, 0.1) is 12.1 Å². The Bertz CT molecular complexity index is 751. The van der Waals surface area contributed by atoms with Crippen molar-refractivity contribution in [3.8, 4) is 0 Å². The zero-order valence-electron chi connectivity index (χ0n) is 15.0. The number of fused-ring (bicyclic) bond motifs is 1. The van der Waals surface area contributed by atoms with Gasteiger partial charge in [-0.15, -0.1) is 6.07 Å². The molecule has 1 saturated heterocycles. The minimum atomic E-state index is -4.26. The van der Waals surface area contributed by atoms with Gasteiger partial charge in [-0.1, -0.05) is 30.9 Å². The van der Waals surface area contributed by atoms with E-state index in [2.05, 4.69) is 21.1 Å². The summed E-state index contributed by atoms with van der Waals surface area (Å²) in [5.41, 5.74) is 0.582. The van der Waals surface area contributed by atoms with Crippen molar-refractivity contribution < 1.29 is 45.9 Å². The molecule has 1 saturated carbocycles. The minimum absolute atomic E-state index is 0. The van der Waals surface area contributed by atoms with Crippen LogP contribution in [0.2, 0.25) is 0 Å². The first-order valence-electron chi connectivity index (χ1n) is 9.05. The van der Waals surface area contributed by atoms with Gasteiger partial charge in [-0.2, -0.15) is 13.2 Å². The molecule has 2 aromatic rings. The van der Waals surface area contributed by atoms with E-state index in [1.54, 1.807) is 24.4 Å². The Balaban J connectivity index is 0.00000210. The van der Waals surface area contributed by atoms with Gasteiger partial charge in [-0.3, -0.25) is 0 Å². The molecule has 4 rings (SSSR count). The normalized spacial score (nSPS) is 24.3. The summed E-state index contributed by atoms with van der Waals surface area (Å²) >= 11 is 0. The number of halogens is 3. The average Bonchev–Trinajstić information content (AvgIpc) is 3.21. The molecule has 0 N–H and O–H groups in total. The molecule has 2 atom stereocenters. The van der Waals surface area contributed by atoms with Gasteiger partial charge in [0.15, 0.2) is 0 Å². The summed E-state index contributed by atoms with van der Waals surface area (Å²) < 4.78 is 38.2. The van der Waals surface area contributed by atoms with E-state index in [9.17, 15) is 13.2 Å². The number of likely N-dealkylation sites (tertiary alicyclic amines) is 1. The molecule has 0 unspecified atom stereocenters. The Hall–Kier alpha value is -0.846. The predicted octanol–water partition coefficient (Wildman–Crippen LogP) is 3.89. The van der Waals surface area contributed by atoms with Gasteiger partial charge in [0.1, 0.15) is 0 Å². The summed E-state index contributed by atoms with van der Waals surface area (Å²) in [5.74, 6) is 1.42. The maximum Gasteiger partial charge on any atom is 0.416 e. The third-order valence-corrected chi connectivity index (χ3v) is 5.69. The molecule has 2 fully saturated rings. The fourth-order valence-electron chi connectivity index (χ4n) is 4.23. The monoisotopic (exact) mass is 449 g/mol. The van der Waals surface area contributed by atoms with Crippen LogP contribution in [0.25, 0.3) is 0 Å². The van der Waals surface area contributed by atoms with Crippen molar-refractivity contribution in [3.05, 3.63) is 59.7 Å². The number of nitrogens with zero attached hydrogens (tertiary/aromatic N) is 3. The van der Waals surface area contributed by atoms with Gasteiger partial charge >= 0.3 is 6.18 Å². The zero-order chi connectivity index (χ0) is 18.2. The van der Waals surface area contributed by atoms with E-state index >= 15 is 0 Å². The standard InChI is InChI=1S/C20H21F3N3.Y/c21-20(22,23)16-7-5-15(6-8-16)19-12-17(19)13-26(14-19)11-2-1-4-18-24-9-3-10-25-18;/h3,5-9,17H,1-2,4,11-14H2;/q-1;/t17-,19+;/m0./s1. The first-order valence-corrected chi connectivity index (χ1v) is 9.05. The molecule has 141 valence electrons. The van der Waals surface area contributed by atoms with Crippen molar-refractivity contribution in [3.63, 3.8) is 0 Å². The maximum absolute atomic E-state index is 12.7. The molecule has 0 amide bonds. The van der Waals surface area contributed by atoms with Crippen molar-refractivity contribution >= 4 is 0 Å². The van der Waals surface area contributed by atoms with E-state index in [4.69, 9.17) is 0 Å². The second-order valence-corrected chi connectivity index (χ2v) is 7.43. The Morgan fingerprint density at radius 3 is 2.63 bits per heavy atom. The number of hydrogen-bond donors (Lipinski definition) is 0. The van der Waals surface area contributed by atoms with E-state index in [-0.39, 0.29) is 38.1 Å². The smallest absolute Gasteiger partial charge is 0.373 e. The first kappa shape index (κ1) is 20.9. The molecule has 3 nitrogen and oxygen atoms in total. The number of aromatic nitrogens is 2. The molecule has 2 heterocycles. The van der Waals surface area contributed by atoms with E-state index < -0.39 is 11.7 Å². The predicted molar refractivity (Wildman–Crippen MR) is 91.5 cm³/mol. The molecule has 1 aromatic carbocycles. The average molecular weight is 449 g/mol. The van der Waals surface area contributed by atoms with Crippen LogP contribution in [-0.4, -0.2) is 34.5 Å². The molecular formula is C20H21F3N3Y-. The zero-order valence-corrected chi connectivity index (χ0v) is 17.9.